The monoisotopic (exact) mass is 552 g/mol. The van der Waals surface area contributed by atoms with Crippen LogP contribution in [0.4, 0.5) is 15.8 Å². The number of carbonyl (C=O) groups is 2. The Morgan fingerprint density at radius 3 is 2.56 bits per heavy atom. The largest absolute Gasteiger partial charge is 0.456 e. The van der Waals surface area contributed by atoms with Crippen molar-refractivity contribution in [2.45, 2.75) is 23.8 Å². The molecule has 1 N–H and O–H groups in total. The van der Waals surface area contributed by atoms with Crippen molar-refractivity contribution in [1.29, 1.82) is 5.26 Å². The minimum absolute atomic E-state index is 0.00178. The molecule has 1 aliphatic heterocycles. The van der Waals surface area contributed by atoms with E-state index in [1.807, 2.05) is 6.07 Å². The highest BCUT2D eigenvalue weighted by molar-refractivity contribution is 7.89. The van der Waals surface area contributed by atoms with Crippen LogP contribution in [0.5, 0.6) is 0 Å². The average Bonchev–Trinajstić information content (AvgIpc) is 2.92. The van der Waals surface area contributed by atoms with Crippen LogP contribution >= 0.6 is 0 Å². The molecular formula is C26H21FN4O7S. The maximum atomic E-state index is 13.4. The maximum absolute atomic E-state index is 13.4. The number of nitro benzene ring substituents is 1. The van der Waals surface area contributed by atoms with E-state index in [0.717, 1.165) is 42.0 Å². The molecule has 1 aliphatic rings. The smallest absolute Gasteiger partial charge is 0.308 e. The Kier molecular flexibility index (Phi) is 7.99. The number of esters is 1. The number of carbonyl (C=O) groups excluding carboxylic acids is 2. The van der Waals surface area contributed by atoms with E-state index < -0.39 is 51.7 Å². The highest BCUT2D eigenvalue weighted by atomic mass is 32.2. The number of ether oxygens (including phenoxy) is 1. The number of sulfonamides is 1. The summed E-state index contributed by atoms with van der Waals surface area (Å²) in [5.74, 6) is -2.24. The summed E-state index contributed by atoms with van der Waals surface area (Å²) in [5.41, 5.74) is 0.997. The summed E-state index contributed by atoms with van der Waals surface area (Å²) in [6.07, 6.45) is 0.00666. The van der Waals surface area contributed by atoms with Crippen LogP contribution in [0.15, 0.2) is 71.6 Å². The van der Waals surface area contributed by atoms with Crippen LogP contribution in [0, 0.1) is 27.3 Å². The Bertz CT molecular complexity index is 1590. The first-order valence-corrected chi connectivity index (χ1v) is 13.0. The minimum Gasteiger partial charge on any atom is -0.456 e. The predicted molar refractivity (Wildman–Crippen MR) is 135 cm³/mol. The third-order valence-corrected chi connectivity index (χ3v) is 8.04. The fraction of sp³-hybridized carbons (Fsp3) is 0.192. The molecule has 0 bridgehead atoms. The van der Waals surface area contributed by atoms with Crippen LogP contribution in [0.3, 0.4) is 0 Å². The number of nitro groups is 1. The Morgan fingerprint density at radius 2 is 1.87 bits per heavy atom. The summed E-state index contributed by atoms with van der Waals surface area (Å²) in [6, 6.07) is 15.6. The van der Waals surface area contributed by atoms with Gasteiger partial charge in [-0.05, 0) is 47.9 Å². The number of rotatable bonds is 8. The molecule has 0 aliphatic carbocycles. The fourth-order valence-electron chi connectivity index (χ4n) is 4.27. The summed E-state index contributed by atoms with van der Waals surface area (Å²) in [4.78, 5) is 35.2. The number of halogens is 1. The number of fused-ring (bicyclic) bond motifs is 1. The van der Waals surface area contributed by atoms with Gasteiger partial charge in [0, 0.05) is 18.7 Å². The van der Waals surface area contributed by atoms with Gasteiger partial charge >= 0.3 is 5.97 Å². The molecule has 0 spiro atoms. The Balaban J connectivity index is 1.48. The number of benzene rings is 3. The molecule has 1 heterocycles. The second-order valence-electron chi connectivity index (χ2n) is 8.55. The third-order valence-electron chi connectivity index (χ3n) is 6.12. The summed E-state index contributed by atoms with van der Waals surface area (Å²) in [7, 11) is -4.10. The zero-order valence-corrected chi connectivity index (χ0v) is 21.1. The second-order valence-corrected chi connectivity index (χ2v) is 10.4. The Morgan fingerprint density at radius 1 is 1.15 bits per heavy atom. The molecule has 1 amide bonds. The quantitative estimate of drug-likeness (QED) is 0.253. The van der Waals surface area contributed by atoms with Crippen LogP contribution in [0.25, 0.3) is 0 Å². The molecule has 3 aromatic carbocycles. The van der Waals surface area contributed by atoms with Crippen molar-refractivity contribution < 1.29 is 32.1 Å². The van der Waals surface area contributed by atoms with Crippen LogP contribution in [-0.2, 0) is 30.8 Å². The van der Waals surface area contributed by atoms with Crippen molar-refractivity contribution in [3.63, 3.8) is 0 Å². The molecule has 11 nitrogen and oxygen atoms in total. The number of nitrogens with zero attached hydrogens (tertiary/aromatic N) is 3. The van der Waals surface area contributed by atoms with Gasteiger partial charge in [0.2, 0.25) is 10.0 Å². The number of nitrogens with one attached hydrogen (secondary N) is 1. The lowest BCUT2D eigenvalue weighted by atomic mass is 9.92. The SMILES string of the molecule is N#Cc1cc([N+](=O)[O-])ccc1NC(=O)COC(=O)CC1c2ccccc2CCN1S(=O)(=O)c1ccc(F)cc1. The van der Waals surface area contributed by atoms with E-state index in [2.05, 4.69) is 5.32 Å². The normalized spacial score (nSPS) is 15.0. The lowest BCUT2D eigenvalue weighted by Crippen LogP contribution is -2.41. The molecule has 0 aromatic heterocycles. The average molecular weight is 553 g/mol. The summed E-state index contributed by atoms with van der Waals surface area (Å²) in [5, 5.41) is 22.5. The second kappa shape index (κ2) is 11.4. The molecule has 4 rings (SSSR count). The van der Waals surface area contributed by atoms with Gasteiger partial charge in [0.1, 0.15) is 11.9 Å². The van der Waals surface area contributed by atoms with Gasteiger partial charge in [-0.1, -0.05) is 24.3 Å². The van der Waals surface area contributed by atoms with E-state index in [4.69, 9.17) is 4.74 Å². The molecule has 0 radical (unpaired) electrons. The number of nitriles is 1. The topological polar surface area (TPSA) is 160 Å². The van der Waals surface area contributed by atoms with Gasteiger partial charge in [-0.25, -0.2) is 12.8 Å². The van der Waals surface area contributed by atoms with Gasteiger partial charge in [-0.15, -0.1) is 0 Å². The zero-order chi connectivity index (χ0) is 28.2. The molecule has 0 fully saturated rings. The highest BCUT2D eigenvalue weighted by Crippen LogP contribution is 2.36. The van der Waals surface area contributed by atoms with E-state index in [1.165, 1.54) is 10.4 Å². The molecule has 3 aromatic rings. The number of amides is 1. The zero-order valence-electron chi connectivity index (χ0n) is 20.2. The number of hydrogen-bond acceptors (Lipinski definition) is 8. The van der Waals surface area contributed by atoms with Gasteiger partial charge in [0.25, 0.3) is 11.6 Å². The molecular weight excluding hydrogens is 531 g/mol. The van der Waals surface area contributed by atoms with Crippen LogP contribution < -0.4 is 5.32 Å². The Hall–Kier alpha value is -4.67. The number of non-ortho nitro benzene ring substituents is 1. The molecule has 200 valence electrons. The summed E-state index contributed by atoms with van der Waals surface area (Å²) >= 11 is 0. The maximum Gasteiger partial charge on any atom is 0.308 e. The predicted octanol–water partition coefficient (Wildman–Crippen LogP) is 3.47. The van der Waals surface area contributed by atoms with E-state index in [9.17, 15) is 37.8 Å². The van der Waals surface area contributed by atoms with Crippen molar-refractivity contribution in [2.24, 2.45) is 0 Å². The van der Waals surface area contributed by atoms with Crippen molar-refractivity contribution >= 4 is 33.3 Å². The summed E-state index contributed by atoms with van der Waals surface area (Å²) in [6.45, 7) is -0.661. The first kappa shape index (κ1) is 27.4. The number of hydrogen-bond donors (Lipinski definition) is 1. The van der Waals surface area contributed by atoms with E-state index in [0.29, 0.717) is 12.0 Å². The van der Waals surface area contributed by atoms with Crippen LogP contribution in [0.2, 0.25) is 0 Å². The molecule has 39 heavy (non-hydrogen) atoms. The molecule has 1 unspecified atom stereocenters. The lowest BCUT2D eigenvalue weighted by Gasteiger charge is -2.36. The fourth-order valence-corrected chi connectivity index (χ4v) is 5.87. The highest BCUT2D eigenvalue weighted by Gasteiger charge is 2.38. The van der Waals surface area contributed by atoms with Gasteiger partial charge in [0.15, 0.2) is 6.61 Å². The van der Waals surface area contributed by atoms with Crippen molar-refractivity contribution in [3.8, 4) is 6.07 Å². The van der Waals surface area contributed by atoms with Crippen LogP contribution in [0.1, 0.15) is 29.2 Å². The van der Waals surface area contributed by atoms with Gasteiger partial charge < -0.3 is 10.1 Å². The van der Waals surface area contributed by atoms with Crippen LogP contribution in [-0.4, -0.2) is 42.7 Å². The van der Waals surface area contributed by atoms with Gasteiger partial charge in [-0.2, -0.15) is 9.57 Å². The third kappa shape index (κ3) is 6.08. The summed E-state index contributed by atoms with van der Waals surface area (Å²) < 4.78 is 46.5. The molecule has 0 saturated carbocycles. The number of anilines is 1. The van der Waals surface area contributed by atoms with E-state index in [1.54, 1.807) is 24.3 Å². The van der Waals surface area contributed by atoms with E-state index >= 15 is 0 Å². The van der Waals surface area contributed by atoms with Gasteiger partial charge in [-0.3, -0.25) is 19.7 Å². The van der Waals surface area contributed by atoms with Gasteiger partial charge in [0.05, 0.1) is 33.5 Å². The minimum atomic E-state index is -4.10. The molecule has 1 atom stereocenters. The van der Waals surface area contributed by atoms with Crippen molar-refractivity contribution in [1.82, 2.24) is 4.31 Å². The molecule has 13 heteroatoms. The molecule has 0 saturated heterocycles. The Labute approximate surface area is 222 Å². The lowest BCUT2D eigenvalue weighted by molar-refractivity contribution is -0.384. The first-order valence-electron chi connectivity index (χ1n) is 11.6. The van der Waals surface area contributed by atoms with Crippen molar-refractivity contribution in [2.75, 3.05) is 18.5 Å². The standard InChI is InChI=1S/C26H21FN4O7S/c27-19-5-8-21(9-6-19)39(36,37)30-12-11-17-3-1-2-4-22(17)24(30)14-26(33)38-16-25(32)29-23-10-7-20(31(34)35)13-18(23)15-28/h1-10,13,24H,11-12,14,16H2,(H,29,32). The van der Waals surface area contributed by atoms with Crippen molar-refractivity contribution in [3.05, 3.63) is 99.4 Å². The van der Waals surface area contributed by atoms with E-state index in [-0.39, 0.29) is 28.4 Å². The first-order chi connectivity index (χ1) is 18.6.